The molecule has 0 spiro atoms. The van der Waals surface area contributed by atoms with E-state index in [4.69, 9.17) is 9.47 Å². The third-order valence-corrected chi connectivity index (χ3v) is 9.54. The lowest BCUT2D eigenvalue weighted by molar-refractivity contribution is -0.148. The second-order valence-corrected chi connectivity index (χ2v) is 13.2. The quantitative estimate of drug-likeness (QED) is 0.392. The van der Waals surface area contributed by atoms with E-state index in [1.165, 1.54) is 7.11 Å². The third-order valence-electron chi connectivity index (χ3n) is 9.54. The molecule has 42 heavy (non-hydrogen) atoms. The number of allylic oxidation sites excluding steroid dienone is 2. The van der Waals surface area contributed by atoms with E-state index in [9.17, 15) is 19.2 Å². The van der Waals surface area contributed by atoms with Crippen LogP contribution in [0.1, 0.15) is 78.2 Å². The zero-order valence-electron chi connectivity index (χ0n) is 25.7. The van der Waals surface area contributed by atoms with Crippen molar-refractivity contribution in [1.29, 1.82) is 0 Å². The largest absolute Gasteiger partial charge is 0.467 e. The molecule has 2 N–H and O–H groups in total. The van der Waals surface area contributed by atoms with E-state index >= 15 is 0 Å². The van der Waals surface area contributed by atoms with Crippen LogP contribution in [0.4, 0.5) is 4.79 Å². The second-order valence-electron chi connectivity index (χ2n) is 13.2. The van der Waals surface area contributed by atoms with E-state index in [0.29, 0.717) is 19.4 Å². The SMILES string of the molecule is COC(=O)[C@@H]1CCCC/C=C/CCCC(C)(C)C(NC(=O)OCc2ccccc2)C(=O)N2CC3C([C@H]2C(=O)N1)C3(C)C. The van der Waals surface area contributed by atoms with Crippen molar-refractivity contribution in [1.82, 2.24) is 15.5 Å². The molecule has 3 aliphatic rings. The van der Waals surface area contributed by atoms with Gasteiger partial charge in [-0.1, -0.05) is 76.6 Å². The Morgan fingerprint density at radius 2 is 1.71 bits per heavy atom. The summed E-state index contributed by atoms with van der Waals surface area (Å²) in [5, 5.41) is 5.81. The highest BCUT2D eigenvalue weighted by molar-refractivity contribution is 5.95. The summed E-state index contributed by atoms with van der Waals surface area (Å²) in [6, 6.07) is 6.96. The molecule has 1 aromatic carbocycles. The van der Waals surface area contributed by atoms with Crippen LogP contribution in [0.25, 0.3) is 0 Å². The number of benzene rings is 1. The Hall–Kier alpha value is -3.36. The molecule has 0 radical (unpaired) electrons. The normalized spacial score (nSPS) is 30.1. The van der Waals surface area contributed by atoms with Gasteiger partial charge in [0.2, 0.25) is 11.8 Å². The van der Waals surface area contributed by atoms with Crippen molar-refractivity contribution in [3.8, 4) is 0 Å². The number of carbonyl (C=O) groups is 4. The number of carbonyl (C=O) groups excluding carboxylic acids is 4. The molecule has 5 atom stereocenters. The summed E-state index contributed by atoms with van der Waals surface area (Å²) in [6.07, 6.45) is 9.03. The number of fused-ring (bicyclic) bond motifs is 3. The fourth-order valence-electron chi connectivity index (χ4n) is 6.77. The van der Waals surface area contributed by atoms with Crippen LogP contribution < -0.4 is 10.6 Å². The number of alkyl carbamates (subject to hydrolysis) is 1. The van der Waals surface area contributed by atoms with E-state index in [0.717, 1.165) is 37.7 Å². The van der Waals surface area contributed by atoms with Crippen molar-refractivity contribution in [2.45, 2.75) is 97.4 Å². The first-order valence-electron chi connectivity index (χ1n) is 15.3. The number of rotatable bonds is 4. The summed E-state index contributed by atoms with van der Waals surface area (Å²) in [4.78, 5) is 55.5. The number of nitrogens with one attached hydrogen (secondary N) is 2. The molecule has 9 nitrogen and oxygen atoms in total. The molecule has 1 aliphatic carbocycles. The van der Waals surface area contributed by atoms with Gasteiger partial charge in [-0.25, -0.2) is 9.59 Å². The van der Waals surface area contributed by atoms with Crippen LogP contribution in [0.5, 0.6) is 0 Å². The molecule has 0 bridgehead atoms. The summed E-state index contributed by atoms with van der Waals surface area (Å²) in [6.45, 7) is 8.70. The van der Waals surface area contributed by atoms with Gasteiger partial charge < -0.3 is 25.0 Å². The van der Waals surface area contributed by atoms with Crippen LogP contribution >= 0.6 is 0 Å². The first-order valence-corrected chi connectivity index (χ1v) is 15.3. The highest BCUT2D eigenvalue weighted by Gasteiger charge is 2.70. The Balaban J connectivity index is 1.60. The average Bonchev–Trinajstić information content (AvgIpc) is 3.28. The Kier molecular flexibility index (Phi) is 10.00. The number of amides is 3. The number of esters is 1. The van der Waals surface area contributed by atoms with Crippen LogP contribution in [0.15, 0.2) is 42.5 Å². The summed E-state index contributed by atoms with van der Waals surface area (Å²) >= 11 is 0. The molecule has 2 heterocycles. The maximum absolute atomic E-state index is 14.4. The smallest absolute Gasteiger partial charge is 0.408 e. The van der Waals surface area contributed by atoms with Gasteiger partial charge >= 0.3 is 12.1 Å². The predicted molar refractivity (Wildman–Crippen MR) is 159 cm³/mol. The minimum absolute atomic E-state index is 0.0279. The highest BCUT2D eigenvalue weighted by Crippen LogP contribution is 2.65. The number of nitrogens with zero attached hydrogens (tertiary/aromatic N) is 1. The zero-order valence-corrected chi connectivity index (χ0v) is 25.7. The van der Waals surface area contributed by atoms with Gasteiger partial charge in [-0.15, -0.1) is 0 Å². The lowest BCUT2D eigenvalue weighted by Gasteiger charge is -2.39. The van der Waals surface area contributed by atoms with Gasteiger partial charge in [-0.05, 0) is 66.8 Å². The topological polar surface area (TPSA) is 114 Å². The molecule has 2 aliphatic heterocycles. The van der Waals surface area contributed by atoms with Gasteiger partial charge in [-0.2, -0.15) is 0 Å². The molecule has 4 rings (SSSR count). The predicted octanol–water partition coefficient (Wildman–Crippen LogP) is 4.75. The van der Waals surface area contributed by atoms with Gasteiger partial charge in [0.25, 0.3) is 0 Å². The fraction of sp³-hybridized carbons (Fsp3) is 0.636. The highest BCUT2D eigenvalue weighted by atomic mass is 16.5. The number of methoxy groups -OCH3 is 1. The van der Waals surface area contributed by atoms with Crippen LogP contribution in [-0.4, -0.2) is 60.6 Å². The molecule has 2 fully saturated rings. The van der Waals surface area contributed by atoms with Gasteiger partial charge in [-0.3, -0.25) is 9.59 Å². The first kappa shape index (κ1) is 31.6. The summed E-state index contributed by atoms with van der Waals surface area (Å²) in [5.41, 5.74) is 0.136. The Labute approximate surface area is 249 Å². The molecular formula is C33H47N3O6. The molecule has 1 aromatic rings. The van der Waals surface area contributed by atoms with Crippen molar-refractivity contribution < 1.29 is 28.7 Å². The van der Waals surface area contributed by atoms with Crippen molar-refractivity contribution in [3.05, 3.63) is 48.0 Å². The number of hydrogen-bond donors (Lipinski definition) is 2. The summed E-state index contributed by atoms with van der Waals surface area (Å²) < 4.78 is 10.5. The second kappa shape index (κ2) is 13.3. The molecule has 0 aromatic heterocycles. The molecule has 1 saturated carbocycles. The minimum atomic E-state index is -0.896. The van der Waals surface area contributed by atoms with Gasteiger partial charge in [0.05, 0.1) is 7.11 Å². The summed E-state index contributed by atoms with van der Waals surface area (Å²) in [5.74, 6) is -0.988. The van der Waals surface area contributed by atoms with Crippen LogP contribution in [-0.2, 0) is 30.5 Å². The third kappa shape index (κ3) is 7.16. The van der Waals surface area contributed by atoms with Crippen molar-refractivity contribution in [3.63, 3.8) is 0 Å². The van der Waals surface area contributed by atoms with Crippen molar-refractivity contribution >= 4 is 23.9 Å². The number of hydrogen-bond acceptors (Lipinski definition) is 6. The van der Waals surface area contributed by atoms with Crippen LogP contribution in [0.3, 0.4) is 0 Å². The standard InChI is InChI=1S/C33H47N3O6/c1-32(2)19-15-10-8-6-7-9-14-18-24(30(39)41-5)34-28(37)26-25-23(33(25,3)4)20-36(26)29(38)27(32)35-31(40)42-21-22-16-12-11-13-17-22/h6,8,11-13,16-17,23-27H,7,9-10,14-15,18-21H2,1-5H3,(H,34,37)(H,35,40)/b8-6+/t23?,24-,25?,26-,27?/m0/s1. The van der Waals surface area contributed by atoms with Gasteiger partial charge in [0.15, 0.2) is 0 Å². The van der Waals surface area contributed by atoms with E-state index in [-0.39, 0.29) is 35.7 Å². The Morgan fingerprint density at radius 1 is 1.02 bits per heavy atom. The van der Waals surface area contributed by atoms with E-state index in [2.05, 4.69) is 36.6 Å². The van der Waals surface area contributed by atoms with E-state index in [1.807, 2.05) is 44.2 Å². The Morgan fingerprint density at radius 3 is 2.40 bits per heavy atom. The van der Waals surface area contributed by atoms with Gasteiger partial charge in [0, 0.05) is 6.54 Å². The monoisotopic (exact) mass is 581 g/mol. The molecule has 230 valence electrons. The first-order chi connectivity index (χ1) is 20.0. The Bertz CT molecular complexity index is 1160. The summed E-state index contributed by atoms with van der Waals surface area (Å²) in [7, 11) is 1.32. The molecule has 3 unspecified atom stereocenters. The molecule has 9 heteroatoms. The average molecular weight is 582 g/mol. The molecule has 1 saturated heterocycles. The van der Waals surface area contributed by atoms with Crippen LogP contribution in [0.2, 0.25) is 0 Å². The maximum atomic E-state index is 14.4. The number of ether oxygens (including phenoxy) is 2. The lowest BCUT2D eigenvalue weighted by Crippen LogP contribution is -2.60. The molecule has 3 amide bonds. The van der Waals surface area contributed by atoms with Gasteiger partial charge in [0.1, 0.15) is 24.7 Å². The lowest BCUT2D eigenvalue weighted by atomic mass is 9.78. The number of piperidine rings is 1. The fourth-order valence-corrected chi connectivity index (χ4v) is 6.77. The zero-order chi connectivity index (χ0) is 30.5. The molecular weight excluding hydrogens is 534 g/mol. The minimum Gasteiger partial charge on any atom is -0.467 e. The van der Waals surface area contributed by atoms with Crippen molar-refractivity contribution in [2.75, 3.05) is 13.7 Å². The van der Waals surface area contributed by atoms with Crippen LogP contribution in [0, 0.1) is 22.7 Å². The maximum Gasteiger partial charge on any atom is 0.408 e. The van der Waals surface area contributed by atoms with E-state index in [1.54, 1.807) is 4.90 Å². The van der Waals surface area contributed by atoms with Crippen molar-refractivity contribution in [2.24, 2.45) is 22.7 Å². The van der Waals surface area contributed by atoms with E-state index < -0.39 is 35.6 Å².